The van der Waals surface area contributed by atoms with Gasteiger partial charge >= 0.3 is 0 Å². The van der Waals surface area contributed by atoms with Crippen LogP contribution in [0.2, 0.25) is 0 Å². The Kier molecular flexibility index (Phi) is 5.87. The minimum atomic E-state index is -0.189. The first-order valence-electron chi connectivity index (χ1n) is 7.72. The summed E-state index contributed by atoms with van der Waals surface area (Å²) in [7, 11) is 0. The van der Waals surface area contributed by atoms with Crippen LogP contribution in [0.25, 0.3) is 0 Å². The molecule has 0 fully saturated rings. The zero-order valence-corrected chi connectivity index (χ0v) is 15.1. The highest BCUT2D eigenvalue weighted by molar-refractivity contribution is 5.58. The van der Waals surface area contributed by atoms with Crippen molar-refractivity contribution in [2.45, 2.75) is 47.0 Å². The van der Waals surface area contributed by atoms with Gasteiger partial charge in [0.2, 0.25) is 0 Å². The molecule has 0 spiro atoms. The molecular formula is C20H25NO3. The molecule has 0 radical (unpaired) electrons. The molecular weight excluding hydrogens is 302 g/mol. The van der Waals surface area contributed by atoms with Gasteiger partial charge in [-0.25, -0.2) is 0 Å². The number of nitriles is 1. The monoisotopic (exact) mass is 327 g/mol. The highest BCUT2D eigenvalue weighted by Crippen LogP contribution is 2.41. The van der Waals surface area contributed by atoms with Gasteiger partial charge in [0.25, 0.3) is 6.26 Å². The summed E-state index contributed by atoms with van der Waals surface area (Å²) in [5.74, 6) is 0.677. The number of phenols is 2. The fraction of sp³-hybridized carbons (Fsp3) is 0.350. The molecule has 2 aromatic rings. The minimum absolute atomic E-state index is 0.189. The number of aromatic hydroxyl groups is 2. The second-order valence-corrected chi connectivity index (χ2v) is 6.50. The molecule has 128 valence electrons. The molecule has 2 rings (SSSR count). The van der Waals surface area contributed by atoms with Crippen molar-refractivity contribution in [3.8, 4) is 17.8 Å². The molecule has 0 amide bonds. The van der Waals surface area contributed by atoms with Gasteiger partial charge in [0.15, 0.2) is 0 Å². The molecule has 0 aromatic heterocycles. The number of nitrogens with zero attached hydrogens (tertiary/aromatic N) is 1. The van der Waals surface area contributed by atoms with Crippen molar-refractivity contribution in [2.24, 2.45) is 0 Å². The average molecular weight is 327 g/mol. The van der Waals surface area contributed by atoms with Gasteiger partial charge in [-0.3, -0.25) is 0 Å². The third-order valence-electron chi connectivity index (χ3n) is 4.80. The predicted octanol–water partition coefficient (Wildman–Crippen LogP) is 4.50. The Morgan fingerprint density at radius 3 is 1.58 bits per heavy atom. The standard InChI is InChI=1S/C19H24O2.CHNO/c1-11-13(3)18(21)14(4)12(2)17(11)19(5,6)15-7-9-16(20)10-8-15;2-1-3/h7-10,20-21H,1-6H3;3H. The topological polar surface area (TPSA) is 84.5 Å². The highest BCUT2D eigenvalue weighted by Gasteiger charge is 2.29. The molecule has 0 saturated carbocycles. The molecule has 4 heteroatoms. The lowest BCUT2D eigenvalue weighted by atomic mass is 9.72. The molecule has 4 nitrogen and oxygen atoms in total. The number of phenolic OH excluding ortho intramolecular Hbond substituents is 2. The number of rotatable bonds is 2. The molecule has 3 N–H and O–H groups in total. The van der Waals surface area contributed by atoms with Gasteiger partial charge in [-0.1, -0.05) is 26.0 Å². The van der Waals surface area contributed by atoms with Crippen LogP contribution < -0.4 is 0 Å². The summed E-state index contributed by atoms with van der Waals surface area (Å²) in [4.78, 5) is 0. The van der Waals surface area contributed by atoms with Crippen LogP contribution in [0.15, 0.2) is 24.3 Å². The van der Waals surface area contributed by atoms with E-state index in [1.807, 2.05) is 26.0 Å². The maximum absolute atomic E-state index is 10.2. The number of hydrogen-bond acceptors (Lipinski definition) is 4. The maximum atomic E-state index is 10.2. The Labute approximate surface area is 143 Å². The van der Waals surface area contributed by atoms with Gasteiger partial charge in [-0.05, 0) is 73.2 Å². The lowest BCUT2D eigenvalue weighted by molar-refractivity contribution is 0.464. The second-order valence-electron chi connectivity index (χ2n) is 6.50. The Balaban J connectivity index is 0.000000891. The third-order valence-corrected chi connectivity index (χ3v) is 4.80. The quantitative estimate of drug-likeness (QED) is 0.709. The van der Waals surface area contributed by atoms with Crippen LogP contribution in [-0.2, 0) is 5.41 Å². The van der Waals surface area contributed by atoms with Gasteiger partial charge in [0, 0.05) is 5.41 Å². The van der Waals surface area contributed by atoms with Gasteiger partial charge in [-0.2, -0.15) is 5.26 Å². The van der Waals surface area contributed by atoms with E-state index in [0.29, 0.717) is 5.75 Å². The van der Waals surface area contributed by atoms with Crippen molar-refractivity contribution in [1.82, 2.24) is 0 Å². The van der Waals surface area contributed by atoms with Crippen molar-refractivity contribution in [3.63, 3.8) is 0 Å². The van der Waals surface area contributed by atoms with Crippen molar-refractivity contribution < 1.29 is 15.3 Å². The van der Waals surface area contributed by atoms with Crippen LogP contribution in [0.5, 0.6) is 11.5 Å². The summed E-state index contributed by atoms with van der Waals surface area (Å²) < 4.78 is 0. The van der Waals surface area contributed by atoms with Crippen LogP contribution >= 0.6 is 0 Å². The first kappa shape index (κ1) is 19.4. The molecule has 0 aliphatic rings. The van der Waals surface area contributed by atoms with Crippen molar-refractivity contribution in [3.05, 3.63) is 57.6 Å². The number of benzene rings is 2. The normalized spacial score (nSPS) is 10.5. The molecule has 0 aliphatic heterocycles. The third kappa shape index (κ3) is 3.46. The first-order chi connectivity index (χ1) is 11.1. The van der Waals surface area contributed by atoms with Crippen LogP contribution in [0, 0.1) is 39.2 Å². The predicted molar refractivity (Wildman–Crippen MR) is 94.8 cm³/mol. The van der Waals surface area contributed by atoms with Crippen molar-refractivity contribution in [1.29, 1.82) is 5.26 Å². The summed E-state index contributed by atoms with van der Waals surface area (Å²) in [5, 5.41) is 33.5. The Morgan fingerprint density at radius 2 is 1.21 bits per heavy atom. The van der Waals surface area contributed by atoms with E-state index >= 15 is 0 Å². The van der Waals surface area contributed by atoms with E-state index in [2.05, 4.69) is 27.7 Å². The highest BCUT2D eigenvalue weighted by atomic mass is 16.3. The molecule has 24 heavy (non-hydrogen) atoms. The van der Waals surface area contributed by atoms with E-state index in [1.165, 1.54) is 5.56 Å². The second kappa shape index (κ2) is 7.27. The fourth-order valence-electron chi connectivity index (χ4n) is 3.25. The molecule has 0 heterocycles. The fourth-order valence-corrected chi connectivity index (χ4v) is 3.25. The summed E-state index contributed by atoms with van der Waals surface area (Å²) in [6, 6.07) is 7.38. The summed E-state index contributed by atoms with van der Waals surface area (Å²) in [5.41, 5.74) is 6.37. The molecule has 2 aromatic carbocycles. The lowest BCUT2D eigenvalue weighted by Gasteiger charge is -2.32. The van der Waals surface area contributed by atoms with Gasteiger partial charge in [0.05, 0.1) is 0 Å². The molecule has 0 unspecified atom stereocenters. The minimum Gasteiger partial charge on any atom is -0.508 e. The first-order valence-corrected chi connectivity index (χ1v) is 7.72. The Bertz CT molecular complexity index is 740. The van der Waals surface area contributed by atoms with Crippen LogP contribution in [0.1, 0.15) is 47.2 Å². The van der Waals surface area contributed by atoms with Crippen molar-refractivity contribution in [2.75, 3.05) is 0 Å². The van der Waals surface area contributed by atoms with E-state index in [1.54, 1.807) is 12.1 Å². The molecule has 0 saturated heterocycles. The number of aliphatic hydroxyl groups excluding tert-OH is 1. The van der Waals surface area contributed by atoms with Gasteiger partial charge < -0.3 is 15.3 Å². The van der Waals surface area contributed by atoms with E-state index in [0.717, 1.165) is 34.1 Å². The molecule has 0 bridgehead atoms. The van der Waals surface area contributed by atoms with Crippen LogP contribution in [-0.4, -0.2) is 15.3 Å². The Morgan fingerprint density at radius 1 is 0.833 bits per heavy atom. The summed E-state index contributed by atoms with van der Waals surface area (Å²) in [6.07, 6.45) is 0.750. The van der Waals surface area contributed by atoms with Gasteiger partial charge in [0.1, 0.15) is 11.5 Å². The van der Waals surface area contributed by atoms with E-state index in [4.69, 9.17) is 10.4 Å². The number of hydrogen-bond donors (Lipinski definition) is 3. The lowest BCUT2D eigenvalue weighted by Crippen LogP contribution is -2.23. The zero-order valence-electron chi connectivity index (χ0n) is 15.1. The van der Waals surface area contributed by atoms with E-state index < -0.39 is 0 Å². The van der Waals surface area contributed by atoms with E-state index in [-0.39, 0.29) is 11.2 Å². The maximum Gasteiger partial charge on any atom is 0.283 e. The van der Waals surface area contributed by atoms with Crippen molar-refractivity contribution >= 4 is 0 Å². The Hall–Kier alpha value is -2.67. The smallest absolute Gasteiger partial charge is 0.283 e. The van der Waals surface area contributed by atoms with E-state index in [9.17, 15) is 10.2 Å². The largest absolute Gasteiger partial charge is 0.508 e. The summed E-state index contributed by atoms with van der Waals surface area (Å²) >= 11 is 0. The average Bonchev–Trinajstić information content (AvgIpc) is 2.52. The van der Waals surface area contributed by atoms with Crippen LogP contribution in [0.4, 0.5) is 0 Å². The number of aliphatic hydroxyl groups is 1. The SMILES string of the molecule is Cc1c(C)c(C(C)(C)c2ccc(O)cc2)c(C)c(C)c1O.N#CO. The van der Waals surface area contributed by atoms with Crippen LogP contribution in [0.3, 0.4) is 0 Å². The summed E-state index contributed by atoms with van der Waals surface area (Å²) in [6.45, 7) is 12.4. The molecule has 0 atom stereocenters. The molecule has 0 aliphatic carbocycles. The zero-order chi connectivity index (χ0) is 18.7. The van der Waals surface area contributed by atoms with Gasteiger partial charge in [-0.15, -0.1) is 0 Å².